The van der Waals surface area contributed by atoms with Gasteiger partial charge >= 0.3 is 0 Å². The number of hydrogen-bond donors (Lipinski definition) is 0. The van der Waals surface area contributed by atoms with Gasteiger partial charge in [0.05, 0.1) is 22.6 Å². The van der Waals surface area contributed by atoms with Crippen LogP contribution in [0.1, 0.15) is 26.3 Å². The Morgan fingerprint density at radius 3 is 2.14 bits per heavy atom. The Labute approximate surface area is 119 Å². The van der Waals surface area contributed by atoms with Crippen LogP contribution in [0.3, 0.4) is 0 Å². The molecule has 2 amide bonds. The Morgan fingerprint density at radius 1 is 0.952 bits per heavy atom. The van der Waals surface area contributed by atoms with Crippen molar-refractivity contribution >= 4 is 17.5 Å². The smallest absolute Gasteiger partial charge is 0.269 e. The maximum atomic E-state index is 12.2. The number of rotatable bonds is 3. The van der Waals surface area contributed by atoms with Gasteiger partial charge in [0.15, 0.2) is 0 Å². The lowest BCUT2D eigenvalue weighted by Gasteiger charge is -2.13. The van der Waals surface area contributed by atoms with Crippen LogP contribution in [0, 0.1) is 10.1 Å². The molecule has 1 heterocycles. The van der Waals surface area contributed by atoms with E-state index in [0.29, 0.717) is 16.7 Å². The highest BCUT2D eigenvalue weighted by Crippen LogP contribution is 2.25. The van der Waals surface area contributed by atoms with E-state index in [4.69, 9.17) is 0 Å². The summed E-state index contributed by atoms with van der Waals surface area (Å²) in [6, 6.07) is 12.5. The highest BCUT2D eigenvalue weighted by molar-refractivity contribution is 6.21. The van der Waals surface area contributed by atoms with Crippen molar-refractivity contribution in [3.63, 3.8) is 0 Å². The van der Waals surface area contributed by atoms with Crippen molar-refractivity contribution in [3.05, 3.63) is 75.3 Å². The standard InChI is InChI=1S/C15H10N2O4/c18-14-12-6-1-2-7-13(12)15(19)16(14)9-10-4-3-5-11(8-10)17(20)21/h1-8H,9H2. The summed E-state index contributed by atoms with van der Waals surface area (Å²) in [5, 5.41) is 10.8. The largest absolute Gasteiger partial charge is 0.270 e. The van der Waals surface area contributed by atoms with Crippen molar-refractivity contribution in [3.8, 4) is 0 Å². The van der Waals surface area contributed by atoms with E-state index in [1.165, 1.54) is 18.2 Å². The first-order chi connectivity index (χ1) is 10.1. The number of carbonyl (C=O) groups excluding carboxylic acids is 2. The molecule has 1 aliphatic rings. The number of carbonyl (C=O) groups is 2. The molecule has 0 saturated carbocycles. The zero-order valence-corrected chi connectivity index (χ0v) is 10.9. The number of amides is 2. The molecular weight excluding hydrogens is 272 g/mol. The van der Waals surface area contributed by atoms with Gasteiger partial charge in [0.2, 0.25) is 0 Å². The molecule has 0 unspecified atom stereocenters. The summed E-state index contributed by atoms with van der Waals surface area (Å²) in [6.07, 6.45) is 0. The lowest BCUT2D eigenvalue weighted by molar-refractivity contribution is -0.384. The van der Waals surface area contributed by atoms with Gasteiger partial charge in [0.25, 0.3) is 17.5 Å². The van der Waals surface area contributed by atoms with Crippen LogP contribution >= 0.6 is 0 Å². The van der Waals surface area contributed by atoms with Gasteiger partial charge in [-0.3, -0.25) is 24.6 Å². The number of imide groups is 1. The van der Waals surface area contributed by atoms with E-state index in [1.807, 2.05) is 0 Å². The van der Waals surface area contributed by atoms with E-state index in [0.717, 1.165) is 4.90 Å². The lowest BCUT2D eigenvalue weighted by atomic mass is 10.1. The van der Waals surface area contributed by atoms with Gasteiger partial charge in [-0.15, -0.1) is 0 Å². The van der Waals surface area contributed by atoms with E-state index in [9.17, 15) is 19.7 Å². The molecule has 2 aromatic rings. The summed E-state index contributed by atoms with van der Waals surface area (Å²) in [4.78, 5) is 35.8. The normalized spacial score (nSPS) is 13.4. The Morgan fingerprint density at radius 2 is 1.57 bits per heavy atom. The first kappa shape index (κ1) is 13.0. The molecule has 0 spiro atoms. The second kappa shape index (κ2) is 4.82. The van der Waals surface area contributed by atoms with Crippen LogP contribution in [0.15, 0.2) is 48.5 Å². The minimum atomic E-state index is -0.508. The number of hydrogen-bond acceptors (Lipinski definition) is 4. The maximum Gasteiger partial charge on any atom is 0.269 e. The van der Waals surface area contributed by atoms with Crippen molar-refractivity contribution in [2.75, 3.05) is 0 Å². The molecule has 0 bridgehead atoms. The van der Waals surface area contributed by atoms with Crippen molar-refractivity contribution in [1.82, 2.24) is 4.90 Å². The van der Waals surface area contributed by atoms with Crippen molar-refractivity contribution < 1.29 is 14.5 Å². The molecule has 0 atom stereocenters. The fourth-order valence-electron chi connectivity index (χ4n) is 2.33. The summed E-state index contributed by atoms with van der Waals surface area (Å²) in [5.41, 5.74) is 1.21. The predicted octanol–water partition coefficient (Wildman–Crippen LogP) is 2.39. The Balaban J connectivity index is 1.90. The highest BCUT2D eigenvalue weighted by Gasteiger charge is 2.35. The first-order valence-corrected chi connectivity index (χ1v) is 6.26. The molecule has 0 aromatic heterocycles. The van der Waals surface area contributed by atoms with Gasteiger partial charge in [0, 0.05) is 12.1 Å². The Kier molecular flexibility index (Phi) is 2.98. The van der Waals surface area contributed by atoms with Crippen molar-refractivity contribution in [1.29, 1.82) is 0 Å². The van der Waals surface area contributed by atoms with Gasteiger partial charge in [-0.25, -0.2) is 0 Å². The molecule has 2 aromatic carbocycles. The summed E-state index contributed by atoms with van der Waals surface area (Å²) < 4.78 is 0. The third-order valence-corrected chi connectivity index (χ3v) is 3.34. The molecule has 0 saturated heterocycles. The Hall–Kier alpha value is -3.02. The fraction of sp³-hybridized carbons (Fsp3) is 0.0667. The van der Waals surface area contributed by atoms with Crippen LogP contribution in [0.4, 0.5) is 5.69 Å². The minimum Gasteiger partial charge on any atom is -0.270 e. The fourth-order valence-corrected chi connectivity index (χ4v) is 2.33. The third kappa shape index (κ3) is 2.16. The Bertz CT molecular complexity index is 735. The zero-order valence-electron chi connectivity index (χ0n) is 10.9. The van der Waals surface area contributed by atoms with E-state index in [-0.39, 0.29) is 24.0 Å². The summed E-state index contributed by atoms with van der Waals surface area (Å²) >= 11 is 0. The topological polar surface area (TPSA) is 80.5 Å². The minimum absolute atomic E-state index is 0.0219. The third-order valence-electron chi connectivity index (χ3n) is 3.34. The van der Waals surface area contributed by atoms with E-state index in [1.54, 1.807) is 30.3 Å². The van der Waals surface area contributed by atoms with Crippen LogP contribution in [-0.2, 0) is 6.54 Å². The number of fused-ring (bicyclic) bond motifs is 1. The quantitative estimate of drug-likeness (QED) is 0.492. The second-order valence-electron chi connectivity index (χ2n) is 4.67. The summed E-state index contributed by atoms with van der Waals surface area (Å²) in [5.74, 6) is -0.746. The van der Waals surface area contributed by atoms with Crippen LogP contribution in [0.2, 0.25) is 0 Å². The number of nitrogens with zero attached hydrogens (tertiary/aromatic N) is 2. The van der Waals surface area contributed by atoms with Crippen LogP contribution < -0.4 is 0 Å². The molecule has 0 radical (unpaired) electrons. The molecule has 0 N–H and O–H groups in total. The zero-order chi connectivity index (χ0) is 15.0. The molecule has 0 aliphatic carbocycles. The number of nitro benzene ring substituents is 1. The number of nitro groups is 1. The molecule has 3 rings (SSSR count). The molecule has 21 heavy (non-hydrogen) atoms. The average Bonchev–Trinajstić information content (AvgIpc) is 2.73. The van der Waals surface area contributed by atoms with Gasteiger partial charge in [-0.2, -0.15) is 0 Å². The molecule has 6 heteroatoms. The SMILES string of the molecule is O=C1c2ccccc2C(=O)N1Cc1cccc([N+](=O)[O-])c1. The number of non-ortho nitro benzene ring substituents is 1. The molecular formula is C15H10N2O4. The van der Waals surface area contributed by atoms with E-state index in [2.05, 4.69) is 0 Å². The predicted molar refractivity (Wildman–Crippen MR) is 73.7 cm³/mol. The monoisotopic (exact) mass is 282 g/mol. The molecule has 0 fully saturated rings. The van der Waals surface area contributed by atoms with Crippen molar-refractivity contribution in [2.24, 2.45) is 0 Å². The summed E-state index contributed by atoms with van der Waals surface area (Å²) in [6.45, 7) is 0.0219. The van der Waals surface area contributed by atoms with Crippen LogP contribution in [-0.4, -0.2) is 21.6 Å². The molecule has 6 nitrogen and oxygen atoms in total. The number of benzene rings is 2. The van der Waals surface area contributed by atoms with Gasteiger partial charge in [-0.1, -0.05) is 24.3 Å². The van der Waals surface area contributed by atoms with Crippen LogP contribution in [0.5, 0.6) is 0 Å². The van der Waals surface area contributed by atoms with E-state index >= 15 is 0 Å². The second-order valence-corrected chi connectivity index (χ2v) is 4.67. The summed E-state index contributed by atoms with van der Waals surface area (Å²) in [7, 11) is 0. The van der Waals surface area contributed by atoms with Gasteiger partial charge < -0.3 is 0 Å². The van der Waals surface area contributed by atoms with Gasteiger partial charge in [0.1, 0.15) is 0 Å². The van der Waals surface area contributed by atoms with E-state index < -0.39 is 4.92 Å². The molecule has 104 valence electrons. The van der Waals surface area contributed by atoms with Crippen LogP contribution in [0.25, 0.3) is 0 Å². The average molecular weight is 282 g/mol. The maximum absolute atomic E-state index is 12.2. The lowest BCUT2D eigenvalue weighted by Crippen LogP contribution is -2.29. The highest BCUT2D eigenvalue weighted by atomic mass is 16.6. The first-order valence-electron chi connectivity index (χ1n) is 6.26. The van der Waals surface area contributed by atoms with Gasteiger partial charge in [-0.05, 0) is 17.7 Å². The van der Waals surface area contributed by atoms with Crippen molar-refractivity contribution in [2.45, 2.75) is 6.54 Å². The molecule has 1 aliphatic heterocycles.